The van der Waals surface area contributed by atoms with Crippen molar-refractivity contribution in [2.45, 2.75) is 38.0 Å². The molecule has 5 nitrogen and oxygen atoms in total. The molecule has 0 spiro atoms. The van der Waals surface area contributed by atoms with Crippen LogP contribution in [0, 0.1) is 17.8 Å². The molecule has 2 aliphatic rings. The molecule has 0 aliphatic heterocycles. The minimum atomic E-state index is -4.55. The van der Waals surface area contributed by atoms with Crippen LogP contribution >= 0.6 is 0 Å². The standard InChI is InChI=1S/C14H17F3N4O/c15-14(16,17)13-20-5-7(6-21-13)4-19-12(22)9-1-8-3-11(18)10(8)2-9/h5-6,8-11H,1-4,18H2,(H,19,22). The number of hydrogen-bond donors (Lipinski definition) is 2. The van der Waals surface area contributed by atoms with Gasteiger partial charge in [-0.25, -0.2) is 9.97 Å². The summed E-state index contributed by atoms with van der Waals surface area (Å²) in [4.78, 5) is 18.6. The van der Waals surface area contributed by atoms with Crippen LogP contribution in [0.5, 0.6) is 0 Å². The van der Waals surface area contributed by atoms with Gasteiger partial charge in [-0.3, -0.25) is 4.79 Å². The van der Waals surface area contributed by atoms with E-state index in [0.717, 1.165) is 31.7 Å². The highest BCUT2D eigenvalue weighted by Gasteiger charge is 2.47. The summed E-state index contributed by atoms with van der Waals surface area (Å²) in [5, 5.41) is 2.74. The number of carbonyl (C=O) groups is 1. The molecular formula is C14H17F3N4O. The van der Waals surface area contributed by atoms with Crippen LogP contribution in [0.3, 0.4) is 0 Å². The molecule has 0 bridgehead atoms. The van der Waals surface area contributed by atoms with Crippen molar-refractivity contribution in [1.29, 1.82) is 0 Å². The fourth-order valence-electron chi connectivity index (χ4n) is 3.42. The van der Waals surface area contributed by atoms with Gasteiger partial charge >= 0.3 is 6.18 Å². The number of carbonyl (C=O) groups excluding carboxylic acids is 1. The van der Waals surface area contributed by atoms with E-state index in [2.05, 4.69) is 15.3 Å². The predicted octanol–water partition coefficient (Wildman–Crippen LogP) is 1.49. The van der Waals surface area contributed by atoms with Crippen molar-refractivity contribution in [3.05, 3.63) is 23.8 Å². The van der Waals surface area contributed by atoms with E-state index in [1.165, 1.54) is 0 Å². The first-order valence-corrected chi connectivity index (χ1v) is 7.26. The van der Waals surface area contributed by atoms with Crippen LogP contribution in [-0.4, -0.2) is 21.9 Å². The molecule has 2 saturated carbocycles. The van der Waals surface area contributed by atoms with Gasteiger partial charge in [0.25, 0.3) is 0 Å². The third kappa shape index (κ3) is 2.92. The third-order valence-corrected chi connectivity index (χ3v) is 4.67. The van der Waals surface area contributed by atoms with Gasteiger partial charge in [0.05, 0.1) is 0 Å². The Bertz CT molecular complexity index is 560. The molecule has 8 heteroatoms. The monoisotopic (exact) mass is 314 g/mol. The molecule has 22 heavy (non-hydrogen) atoms. The number of aromatic nitrogens is 2. The van der Waals surface area contributed by atoms with Gasteiger partial charge in [-0.2, -0.15) is 13.2 Å². The van der Waals surface area contributed by atoms with Crippen LogP contribution in [0.15, 0.2) is 12.4 Å². The number of hydrogen-bond acceptors (Lipinski definition) is 4. The Morgan fingerprint density at radius 2 is 1.95 bits per heavy atom. The molecule has 1 aromatic rings. The Morgan fingerprint density at radius 3 is 2.50 bits per heavy atom. The van der Waals surface area contributed by atoms with E-state index in [4.69, 9.17) is 5.73 Å². The van der Waals surface area contributed by atoms with Crippen LogP contribution < -0.4 is 11.1 Å². The largest absolute Gasteiger partial charge is 0.451 e. The number of halogens is 3. The molecule has 4 unspecified atom stereocenters. The van der Waals surface area contributed by atoms with Crippen molar-refractivity contribution < 1.29 is 18.0 Å². The highest BCUT2D eigenvalue weighted by Crippen LogP contribution is 2.48. The average molecular weight is 314 g/mol. The van der Waals surface area contributed by atoms with E-state index in [9.17, 15) is 18.0 Å². The van der Waals surface area contributed by atoms with Crippen LogP contribution in [-0.2, 0) is 17.5 Å². The molecule has 1 aromatic heterocycles. The average Bonchev–Trinajstić information content (AvgIpc) is 2.81. The second-order valence-electron chi connectivity index (χ2n) is 6.12. The summed E-state index contributed by atoms with van der Waals surface area (Å²) in [6, 6.07) is 0.214. The summed E-state index contributed by atoms with van der Waals surface area (Å²) < 4.78 is 37.0. The van der Waals surface area contributed by atoms with E-state index in [1.807, 2.05) is 0 Å². The molecule has 0 saturated heterocycles. The zero-order valence-corrected chi connectivity index (χ0v) is 11.8. The van der Waals surface area contributed by atoms with E-state index in [-0.39, 0.29) is 24.4 Å². The highest BCUT2D eigenvalue weighted by atomic mass is 19.4. The molecule has 120 valence electrons. The lowest BCUT2D eigenvalue weighted by Gasteiger charge is -2.37. The van der Waals surface area contributed by atoms with Gasteiger partial charge in [0.2, 0.25) is 11.7 Å². The zero-order chi connectivity index (χ0) is 15.9. The van der Waals surface area contributed by atoms with Crippen molar-refractivity contribution in [3.63, 3.8) is 0 Å². The SMILES string of the molecule is NC1CC2CC(C(=O)NCc3cnc(C(F)(F)F)nc3)CC12. The number of amides is 1. The third-order valence-electron chi connectivity index (χ3n) is 4.67. The molecule has 0 radical (unpaired) electrons. The maximum Gasteiger partial charge on any atom is 0.451 e. The molecule has 2 fully saturated rings. The Morgan fingerprint density at radius 1 is 1.27 bits per heavy atom. The zero-order valence-electron chi connectivity index (χ0n) is 11.8. The van der Waals surface area contributed by atoms with E-state index < -0.39 is 12.0 Å². The number of nitrogens with two attached hydrogens (primary N) is 1. The number of fused-ring (bicyclic) bond motifs is 1. The summed E-state index contributed by atoms with van der Waals surface area (Å²) in [6.45, 7) is 0.134. The van der Waals surface area contributed by atoms with Gasteiger partial charge in [0.1, 0.15) is 0 Å². The van der Waals surface area contributed by atoms with Crippen molar-refractivity contribution in [2.75, 3.05) is 0 Å². The predicted molar refractivity (Wildman–Crippen MR) is 71.2 cm³/mol. The smallest absolute Gasteiger partial charge is 0.352 e. The van der Waals surface area contributed by atoms with Crippen LogP contribution in [0.4, 0.5) is 13.2 Å². The molecule has 3 N–H and O–H groups in total. The second-order valence-corrected chi connectivity index (χ2v) is 6.12. The second kappa shape index (κ2) is 5.49. The number of nitrogens with one attached hydrogen (secondary N) is 1. The maximum absolute atomic E-state index is 12.3. The first-order valence-electron chi connectivity index (χ1n) is 7.26. The Hall–Kier alpha value is -1.70. The fourth-order valence-corrected chi connectivity index (χ4v) is 3.42. The fraction of sp³-hybridized carbons (Fsp3) is 0.643. The van der Waals surface area contributed by atoms with Crippen LogP contribution in [0.25, 0.3) is 0 Å². The van der Waals surface area contributed by atoms with Gasteiger partial charge in [-0.05, 0) is 31.1 Å². The minimum Gasteiger partial charge on any atom is -0.352 e. The quantitative estimate of drug-likeness (QED) is 0.885. The Balaban J connectivity index is 1.51. The minimum absolute atomic E-state index is 0.0427. The molecule has 1 amide bonds. The van der Waals surface area contributed by atoms with Gasteiger partial charge in [0, 0.05) is 36.5 Å². The molecule has 4 atom stereocenters. The molecule has 1 heterocycles. The van der Waals surface area contributed by atoms with Crippen molar-refractivity contribution in [2.24, 2.45) is 23.5 Å². The van der Waals surface area contributed by atoms with Crippen molar-refractivity contribution in [1.82, 2.24) is 15.3 Å². The highest BCUT2D eigenvalue weighted by molar-refractivity contribution is 5.79. The van der Waals surface area contributed by atoms with Gasteiger partial charge in [-0.15, -0.1) is 0 Å². The molecule has 2 aliphatic carbocycles. The van der Waals surface area contributed by atoms with E-state index >= 15 is 0 Å². The van der Waals surface area contributed by atoms with E-state index in [1.54, 1.807) is 0 Å². The van der Waals surface area contributed by atoms with Gasteiger partial charge in [0.15, 0.2) is 0 Å². The Kier molecular flexibility index (Phi) is 3.80. The van der Waals surface area contributed by atoms with Crippen molar-refractivity contribution in [3.8, 4) is 0 Å². The summed E-state index contributed by atoms with van der Waals surface area (Å²) in [5.41, 5.74) is 6.34. The normalized spacial score (nSPS) is 30.5. The first-order chi connectivity index (χ1) is 10.3. The molecule has 3 rings (SSSR count). The Labute approximate surface area is 125 Å². The first kappa shape index (κ1) is 15.2. The van der Waals surface area contributed by atoms with Crippen LogP contribution in [0.1, 0.15) is 30.7 Å². The summed E-state index contributed by atoms with van der Waals surface area (Å²) in [6.07, 6.45) is 0.272. The lowest BCUT2D eigenvalue weighted by molar-refractivity contribution is -0.145. The lowest BCUT2D eigenvalue weighted by atomic mass is 9.72. The summed E-state index contributed by atoms with van der Waals surface area (Å²) >= 11 is 0. The summed E-state index contributed by atoms with van der Waals surface area (Å²) in [5.74, 6) is -0.283. The molecular weight excluding hydrogens is 297 g/mol. The number of nitrogens with zero attached hydrogens (tertiary/aromatic N) is 2. The number of rotatable bonds is 3. The van der Waals surface area contributed by atoms with E-state index in [0.29, 0.717) is 17.4 Å². The van der Waals surface area contributed by atoms with Gasteiger partial charge in [-0.1, -0.05) is 0 Å². The van der Waals surface area contributed by atoms with Crippen molar-refractivity contribution >= 4 is 5.91 Å². The topological polar surface area (TPSA) is 80.9 Å². The molecule has 0 aromatic carbocycles. The summed E-state index contributed by atoms with van der Waals surface area (Å²) in [7, 11) is 0. The maximum atomic E-state index is 12.3. The lowest BCUT2D eigenvalue weighted by Crippen LogP contribution is -2.44. The van der Waals surface area contributed by atoms with Crippen LogP contribution in [0.2, 0.25) is 0 Å². The van der Waals surface area contributed by atoms with Gasteiger partial charge < -0.3 is 11.1 Å². The number of alkyl halides is 3.